The molecule has 0 saturated carbocycles. The van der Waals surface area contributed by atoms with E-state index in [1.165, 1.54) is 10.9 Å². The lowest BCUT2D eigenvalue weighted by atomic mass is 10.3. The Labute approximate surface area is 51.3 Å². The molecule has 1 aromatic rings. The summed E-state index contributed by atoms with van der Waals surface area (Å²) in [7, 11) is 2.62. The van der Waals surface area contributed by atoms with Gasteiger partial charge in [-0.15, -0.1) is 9.24 Å². The molecule has 1 nitrogen and oxygen atoms in total. The van der Waals surface area contributed by atoms with Gasteiger partial charge >= 0.3 is 0 Å². The summed E-state index contributed by atoms with van der Waals surface area (Å²) in [5.74, 6) is 0. The van der Waals surface area contributed by atoms with Gasteiger partial charge in [0.1, 0.15) is 0 Å². The first kappa shape index (κ1) is 5.71. The molecule has 0 N–H and O–H groups in total. The second kappa shape index (κ2) is 2.23. The smallest absolute Gasteiger partial charge is 0.0342 e. The maximum absolute atomic E-state index is 3.92. The summed E-state index contributed by atoms with van der Waals surface area (Å²) in [5, 5.41) is 1.17. The summed E-state index contributed by atoms with van der Waals surface area (Å²) in [6.07, 6.45) is 3.63. The van der Waals surface area contributed by atoms with Crippen molar-refractivity contribution in [3.05, 3.63) is 24.0 Å². The molecule has 0 aliphatic rings. The Bertz CT molecular complexity index is 165. The number of pyridine rings is 1. The first-order valence-electron chi connectivity index (χ1n) is 2.47. The third-order valence-corrected chi connectivity index (χ3v) is 1.68. The van der Waals surface area contributed by atoms with Crippen LogP contribution in [0.1, 0.15) is 5.56 Å². The third kappa shape index (κ3) is 1.05. The molecule has 8 heavy (non-hydrogen) atoms. The van der Waals surface area contributed by atoms with Crippen LogP contribution in [0.4, 0.5) is 0 Å². The average Bonchev–Trinajstić information content (AvgIpc) is 1.77. The van der Waals surface area contributed by atoms with Crippen LogP contribution in [0, 0.1) is 6.92 Å². The minimum Gasteiger partial charge on any atom is -0.264 e. The molecule has 0 fully saturated rings. The molecule has 2 heteroatoms. The van der Waals surface area contributed by atoms with Gasteiger partial charge in [0, 0.05) is 12.4 Å². The van der Waals surface area contributed by atoms with Gasteiger partial charge in [-0.2, -0.15) is 0 Å². The van der Waals surface area contributed by atoms with E-state index in [9.17, 15) is 0 Å². The summed E-state index contributed by atoms with van der Waals surface area (Å²) in [6, 6.07) is 1.99. The predicted molar refractivity (Wildman–Crippen MR) is 38.3 cm³/mol. The normalized spacial score (nSPS) is 9.25. The Balaban J connectivity index is 3.13. The maximum Gasteiger partial charge on any atom is 0.0342 e. The molecule has 0 amide bonds. The average molecular weight is 125 g/mol. The molecule has 0 bridgehead atoms. The lowest BCUT2D eigenvalue weighted by molar-refractivity contribution is 1.32. The quantitative estimate of drug-likeness (QED) is 0.469. The molecule has 1 unspecified atom stereocenters. The van der Waals surface area contributed by atoms with Gasteiger partial charge in [0.2, 0.25) is 0 Å². The van der Waals surface area contributed by atoms with Crippen molar-refractivity contribution in [3.63, 3.8) is 0 Å². The molecule has 0 aromatic carbocycles. The highest BCUT2D eigenvalue weighted by Gasteiger charge is 1.85. The summed E-state index contributed by atoms with van der Waals surface area (Å²) in [6.45, 7) is 2.06. The van der Waals surface area contributed by atoms with E-state index in [1.807, 2.05) is 12.3 Å². The molecular formula is C6H8NP. The third-order valence-electron chi connectivity index (χ3n) is 1.08. The van der Waals surface area contributed by atoms with E-state index in [4.69, 9.17) is 0 Å². The van der Waals surface area contributed by atoms with Crippen LogP contribution in [0.15, 0.2) is 18.5 Å². The van der Waals surface area contributed by atoms with E-state index in [0.29, 0.717) is 0 Å². The summed E-state index contributed by atoms with van der Waals surface area (Å²) in [4.78, 5) is 3.92. The van der Waals surface area contributed by atoms with E-state index in [0.717, 1.165) is 0 Å². The molecule has 0 radical (unpaired) electrons. The predicted octanol–water partition coefficient (Wildman–Crippen LogP) is 0.890. The fraction of sp³-hybridized carbons (Fsp3) is 0.167. The van der Waals surface area contributed by atoms with Gasteiger partial charge in [-0.1, -0.05) is 0 Å². The molecule has 0 aliphatic heterocycles. The minimum atomic E-state index is 1.17. The van der Waals surface area contributed by atoms with Crippen molar-refractivity contribution in [3.8, 4) is 0 Å². The van der Waals surface area contributed by atoms with E-state index >= 15 is 0 Å². The van der Waals surface area contributed by atoms with Crippen LogP contribution in [0.25, 0.3) is 0 Å². The number of hydrogen-bond acceptors (Lipinski definition) is 1. The second-order valence-corrected chi connectivity index (χ2v) is 2.35. The Morgan fingerprint density at radius 3 is 2.75 bits per heavy atom. The fourth-order valence-electron chi connectivity index (χ4n) is 0.476. The van der Waals surface area contributed by atoms with Gasteiger partial charge in [0.25, 0.3) is 0 Å². The van der Waals surface area contributed by atoms with Crippen molar-refractivity contribution in [1.82, 2.24) is 4.98 Å². The summed E-state index contributed by atoms with van der Waals surface area (Å²) >= 11 is 0. The van der Waals surface area contributed by atoms with Crippen LogP contribution < -0.4 is 5.30 Å². The van der Waals surface area contributed by atoms with Crippen molar-refractivity contribution >= 4 is 14.5 Å². The standard InChI is InChI=1S/C6H8NP/c1-5-2-3-7-4-6(5)8/h2-4H,8H2,1H3. The van der Waals surface area contributed by atoms with Crippen molar-refractivity contribution in [2.24, 2.45) is 0 Å². The highest BCUT2D eigenvalue weighted by molar-refractivity contribution is 7.27. The molecule has 0 aliphatic carbocycles. The Morgan fingerprint density at radius 2 is 2.38 bits per heavy atom. The van der Waals surface area contributed by atoms with Crippen molar-refractivity contribution in [1.29, 1.82) is 0 Å². The first-order chi connectivity index (χ1) is 3.80. The summed E-state index contributed by atoms with van der Waals surface area (Å²) < 4.78 is 0. The number of rotatable bonds is 0. The van der Waals surface area contributed by atoms with Gasteiger partial charge < -0.3 is 0 Å². The largest absolute Gasteiger partial charge is 0.264 e. The molecule has 1 heterocycles. The Hall–Kier alpha value is -0.420. The molecule has 0 spiro atoms. The number of nitrogens with zero attached hydrogens (tertiary/aromatic N) is 1. The second-order valence-electron chi connectivity index (χ2n) is 1.73. The SMILES string of the molecule is Cc1ccncc1P. The minimum absolute atomic E-state index is 1.17. The topological polar surface area (TPSA) is 12.9 Å². The lowest BCUT2D eigenvalue weighted by Gasteiger charge is -1.92. The zero-order valence-corrected chi connectivity index (χ0v) is 5.91. The van der Waals surface area contributed by atoms with Gasteiger partial charge in [-0.25, -0.2) is 0 Å². The zero-order chi connectivity index (χ0) is 5.98. The number of aromatic nitrogens is 1. The Kier molecular flexibility index (Phi) is 1.59. The van der Waals surface area contributed by atoms with E-state index in [2.05, 4.69) is 21.1 Å². The van der Waals surface area contributed by atoms with E-state index in [1.54, 1.807) is 6.20 Å². The molecule has 1 rings (SSSR count). The summed E-state index contributed by atoms with van der Waals surface area (Å²) in [5.41, 5.74) is 1.27. The van der Waals surface area contributed by atoms with Crippen LogP contribution >= 0.6 is 9.24 Å². The van der Waals surface area contributed by atoms with Gasteiger partial charge in [0.15, 0.2) is 0 Å². The molecule has 42 valence electrons. The van der Waals surface area contributed by atoms with Crippen molar-refractivity contribution in [2.75, 3.05) is 0 Å². The van der Waals surface area contributed by atoms with Crippen LogP contribution in [-0.2, 0) is 0 Å². The molecule has 0 saturated heterocycles. The first-order valence-corrected chi connectivity index (χ1v) is 3.04. The van der Waals surface area contributed by atoms with Crippen molar-refractivity contribution in [2.45, 2.75) is 6.92 Å². The van der Waals surface area contributed by atoms with Crippen LogP contribution in [0.3, 0.4) is 0 Å². The molecular weight excluding hydrogens is 117 g/mol. The number of hydrogen-bond donors (Lipinski definition) is 0. The van der Waals surface area contributed by atoms with E-state index in [-0.39, 0.29) is 0 Å². The highest BCUT2D eigenvalue weighted by Crippen LogP contribution is 1.93. The van der Waals surface area contributed by atoms with Crippen LogP contribution in [0.5, 0.6) is 0 Å². The monoisotopic (exact) mass is 125 g/mol. The highest BCUT2D eigenvalue weighted by atomic mass is 31.0. The number of aryl methyl sites for hydroxylation is 1. The fourth-order valence-corrected chi connectivity index (χ4v) is 0.659. The van der Waals surface area contributed by atoms with Gasteiger partial charge in [-0.05, 0) is 23.9 Å². The molecule has 1 aromatic heterocycles. The zero-order valence-electron chi connectivity index (χ0n) is 4.76. The molecule has 1 atom stereocenters. The van der Waals surface area contributed by atoms with Crippen molar-refractivity contribution < 1.29 is 0 Å². The Morgan fingerprint density at radius 1 is 1.62 bits per heavy atom. The van der Waals surface area contributed by atoms with Crippen LogP contribution in [0.2, 0.25) is 0 Å². The lowest BCUT2D eigenvalue weighted by Crippen LogP contribution is -1.95. The van der Waals surface area contributed by atoms with Gasteiger partial charge in [0.05, 0.1) is 0 Å². The van der Waals surface area contributed by atoms with Crippen LogP contribution in [-0.4, -0.2) is 4.98 Å². The van der Waals surface area contributed by atoms with E-state index < -0.39 is 0 Å². The van der Waals surface area contributed by atoms with Gasteiger partial charge in [-0.3, -0.25) is 4.98 Å². The maximum atomic E-state index is 3.92.